The molecule has 2 amide bonds. The fraction of sp³-hybridized carbons (Fsp3) is 0.176. The number of hydrogen-bond acceptors (Lipinski definition) is 3. The minimum absolute atomic E-state index is 0.265. The van der Waals surface area contributed by atoms with Gasteiger partial charge in [-0.15, -0.1) is 0 Å². The lowest BCUT2D eigenvalue weighted by molar-refractivity contribution is -0.137. The van der Waals surface area contributed by atoms with E-state index in [2.05, 4.69) is 16.0 Å². The largest absolute Gasteiger partial charge is 0.418 e. The van der Waals surface area contributed by atoms with Crippen molar-refractivity contribution in [3.05, 3.63) is 58.6 Å². The van der Waals surface area contributed by atoms with E-state index in [1.54, 1.807) is 0 Å². The third kappa shape index (κ3) is 4.89. The zero-order valence-corrected chi connectivity index (χ0v) is 14.3. The van der Waals surface area contributed by atoms with Crippen molar-refractivity contribution in [2.75, 3.05) is 24.2 Å². The Morgan fingerprint density at radius 3 is 2.42 bits per heavy atom. The molecule has 0 aliphatic rings. The van der Waals surface area contributed by atoms with Gasteiger partial charge in [-0.2, -0.15) is 13.2 Å². The van der Waals surface area contributed by atoms with Crippen molar-refractivity contribution in [3.8, 4) is 0 Å². The third-order valence-corrected chi connectivity index (χ3v) is 3.73. The summed E-state index contributed by atoms with van der Waals surface area (Å²) in [5.41, 5.74) is -0.640. The van der Waals surface area contributed by atoms with E-state index in [-0.39, 0.29) is 23.2 Å². The highest BCUT2D eigenvalue weighted by atomic mass is 35.5. The normalized spacial score (nSPS) is 11.0. The van der Waals surface area contributed by atoms with E-state index in [1.807, 2.05) is 0 Å². The Bertz CT molecular complexity index is 825. The summed E-state index contributed by atoms with van der Waals surface area (Å²) in [6, 6.07) is 9.10. The van der Waals surface area contributed by atoms with Gasteiger partial charge in [-0.1, -0.05) is 23.7 Å². The Hall–Kier alpha value is -2.74. The van der Waals surface area contributed by atoms with Crippen LogP contribution in [0.4, 0.5) is 24.5 Å². The first-order valence-electron chi connectivity index (χ1n) is 7.44. The van der Waals surface area contributed by atoms with Crippen LogP contribution in [0.25, 0.3) is 0 Å². The van der Waals surface area contributed by atoms with E-state index in [4.69, 9.17) is 11.6 Å². The average molecular weight is 386 g/mol. The summed E-state index contributed by atoms with van der Waals surface area (Å²) in [5, 5.41) is 7.63. The van der Waals surface area contributed by atoms with E-state index in [0.29, 0.717) is 11.3 Å². The zero-order chi connectivity index (χ0) is 19.3. The van der Waals surface area contributed by atoms with Gasteiger partial charge in [-0.05, 0) is 30.3 Å². The maximum atomic E-state index is 12.9. The first-order valence-corrected chi connectivity index (χ1v) is 7.81. The van der Waals surface area contributed by atoms with Crippen molar-refractivity contribution in [2.24, 2.45) is 0 Å². The van der Waals surface area contributed by atoms with Crippen LogP contribution in [0.15, 0.2) is 42.5 Å². The molecule has 3 N–H and O–H groups in total. The maximum Gasteiger partial charge on any atom is 0.418 e. The van der Waals surface area contributed by atoms with E-state index in [1.165, 1.54) is 43.4 Å². The van der Waals surface area contributed by atoms with Gasteiger partial charge in [0.05, 0.1) is 28.5 Å². The van der Waals surface area contributed by atoms with Gasteiger partial charge in [-0.3, -0.25) is 9.59 Å². The van der Waals surface area contributed by atoms with Crippen LogP contribution in [0.5, 0.6) is 0 Å². The topological polar surface area (TPSA) is 70.2 Å². The van der Waals surface area contributed by atoms with Crippen LogP contribution >= 0.6 is 11.6 Å². The molecule has 2 rings (SSSR count). The molecule has 26 heavy (non-hydrogen) atoms. The summed E-state index contributed by atoms with van der Waals surface area (Å²) >= 11 is 6.00. The number of halogens is 4. The zero-order valence-electron chi connectivity index (χ0n) is 13.6. The number of benzene rings is 2. The predicted molar refractivity (Wildman–Crippen MR) is 93.4 cm³/mol. The summed E-state index contributed by atoms with van der Waals surface area (Å²) in [5.74, 6) is -1.03. The molecule has 0 aliphatic carbocycles. The molecule has 0 atom stereocenters. The molecular weight excluding hydrogens is 371 g/mol. The molecule has 0 saturated carbocycles. The predicted octanol–water partition coefficient (Wildman–Crippen LogP) is 3.77. The second-order valence-corrected chi connectivity index (χ2v) is 5.63. The summed E-state index contributed by atoms with van der Waals surface area (Å²) in [7, 11) is 1.47. The lowest BCUT2D eigenvalue weighted by Crippen LogP contribution is -2.24. The van der Waals surface area contributed by atoms with Crippen LogP contribution in [0.3, 0.4) is 0 Å². The van der Waals surface area contributed by atoms with Gasteiger partial charge >= 0.3 is 6.18 Å². The quantitative estimate of drug-likeness (QED) is 0.733. The van der Waals surface area contributed by atoms with Crippen LogP contribution in [0.2, 0.25) is 5.02 Å². The summed E-state index contributed by atoms with van der Waals surface area (Å²) in [4.78, 5) is 23.6. The van der Waals surface area contributed by atoms with E-state index >= 15 is 0 Å². The minimum Gasteiger partial charge on any atom is -0.375 e. The fourth-order valence-corrected chi connectivity index (χ4v) is 2.34. The molecule has 0 fully saturated rings. The van der Waals surface area contributed by atoms with Crippen molar-refractivity contribution in [3.63, 3.8) is 0 Å². The van der Waals surface area contributed by atoms with Crippen LogP contribution < -0.4 is 16.0 Å². The van der Waals surface area contributed by atoms with Crippen molar-refractivity contribution in [2.45, 2.75) is 6.18 Å². The lowest BCUT2D eigenvalue weighted by atomic mass is 10.1. The molecule has 0 saturated heterocycles. The van der Waals surface area contributed by atoms with Crippen molar-refractivity contribution in [1.29, 1.82) is 0 Å². The highest BCUT2D eigenvalue weighted by Gasteiger charge is 2.33. The fourth-order valence-electron chi connectivity index (χ4n) is 2.16. The maximum absolute atomic E-state index is 12.9. The van der Waals surface area contributed by atoms with Gasteiger partial charge in [0.1, 0.15) is 0 Å². The molecule has 0 spiro atoms. The molecule has 0 radical (unpaired) electrons. The van der Waals surface area contributed by atoms with Gasteiger partial charge in [0, 0.05) is 12.6 Å². The molecule has 0 unspecified atom stereocenters. The van der Waals surface area contributed by atoms with Crippen LogP contribution in [-0.4, -0.2) is 25.4 Å². The monoisotopic (exact) mass is 385 g/mol. The third-order valence-electron chi connectivity index (χ3n) is 3.40. The Morgan fingerprint density at radius 2 is 1.77 bits per heavy atom. The molecule has 138 valence electrons. The first kappa shape index (κ1) is 19.6. The number of hydrogen-bond donors (Lipinski definition) is 3. The number of carbonyl (C=O) groups is 2. The standard InChI is InChI=1S/C17H15ClF3N3O2/c1-22-16(26)10-6-7-12(18)14(8-10)23-9-15(25)24-13-5-3-2-4-11(13)17(19,20)21/h2-8,23H,9H2,1H3,(H,22,26)(H,24,25). The summed E-state index contributed by atoms with van der Waals surface area (Å²) < 4.78 is 38.8. The van der Waals surface area contributed by atoms with Crippen LogP contribution in [0.1, 0.15) is 15.9 Å². The molecule has 0 aliphatic heterocycles. The van der Waals surface area contributed by atoms with E-state index < -0.39 is 17.6 Å². The van der Waals surface area contributed by atoms with Crippen LogP contribution in [0, 0.1) is 0 Å². The number of anilines is 2. The van der Waals surface area contributed by atoms with Gasteiger partial charge in [-0.25, -0.2) is 0 Å². The number of alkyl halides is 3. The summed E-state index contributed by atoms with van der Waals surface area (Å²) in [6.07, 6.45) is -4.58. The summed E-state index contributed by atoms with van der Waals surface area (Å²) in [6.45, 7) is -0.330. The molecular formula is C17H15ClF3N3O2. The first-order chi connectivity index (χ1) is 12.2. The SMILES string of the molecule is CNC(=O)c1ccc(Cl)c(NCC(=O)Nc2ccccc2C(F)(F)F)c1. The second kappa shape index (κ2) is 8.09. The Morgan fingerprint density at radius 1 is 1.08 bits per heavy atom. The molecule has 0 aromatic heterocycles. The molecule has 0 bridgehead atoms. The molecule has 5 nitrogen and oxygen atoms in total. The smallest absolute Gasteiger partial charge is 0.375 e. The van der Waals surface area contributed by atoms with Crippen molar-refractivity contribution < 1.29 is 22.8 Å². The lowest BCUT2D eigenvalue weighted by Gasteiger charge is -2.14. The second-order valence-electron chi connectivity index (χ2n) is 5.22. The highest BCUT2D eigenvalue weighted by molar-refractivity contribution is 6.33. The minimum atomic E-state index is -4.58. The van der Waals surface area contributed by atoms with E-state index in [0.717, 1.165) is 6.07 Å². The number of rotatable bonds is 5. The van der Waals surface area contributed by atoms with Crippen LogP contribution in [-0.2, 0) is 11.0 Å². The molecule has 2 aromatic rings. The van der Waals surface area contributed by atoms with Gasteiger partial charge in [0.2, 0.25) is 5.91 Å². The molecule has 9 heteroatoms. The number of carbonyl (C=O) groups excluding carboxylic acids is 2. The Labute approximate surface area is 152 Å². The number of para-hydroxylation sites is 1. The Kier molecular flexibility index (Phi) is 6.10. The number of nitrogens with one attached hydrogen (secondary N) is 3. The van der Waals surface area contributed by atoms with Gasteiger partial charge in [0.25, 0.3) is 5.91 Å². The van der Waals surface area contributed by atoms with Crippen molar-refractivity contribution >= 4 is 34.8 Å². The highest BCUT2D eigenvalue weighted by Crippen LogP contribution is 2.34. The Balaban J connectivity index is 2.08. The van der Waals surface area contributed by atoms with Crippen molar-refractivity contribution in [1.82, 2.24) is 5.32 Å². The van der Waals surface area contributed by atoms with E-state index in [9.17, 15) is 22.8 Å². The van der Waals surface area contributed by atoms with Gasteiger partial charge < -0.3 is 16.0 Å². The number of amides is 2. The molecule has 2 aromatic carbocycles. The average Bonchev–Trinajstić information content (AvgIpc) is 2.60. The molecule has 0 heterocycles. The van der Waals surface area contributed by atoms with Gasteiger partial charge in [0.15, 0.2) is 0 Å².